The van der Waals surface area contributed by atoms with Gasteiger partial charge in [-0.3, -0.25) is 4.79 Å². The van der Waals surface area contributed by atoms with Crippen molar-refractivity contribution >= 4 is 21.6 Å². The number of sulfonamides is 1. The number of anilines is 1. The van der Waals surface area contributed by atoms with E-state index in [-0.39, 0.29) is 22.5 Å². The Labute approximate surface area is 175 Å². The Balaban J connectivity index is 1.28. The van der Waals surface area contributed by atoms with Crippen LogP contribution in [0.5, 0.6) is 0 Å². The summed E-state index contributed by atoms with van der Waals surface area (Å²) in [7, 11) is -3.56. The zero-order valence-electron chi connectivity index (χ0n) is 16.5. The molecule has 1 atom stereocenters. The van der Waals surface area contributed by atoms with Crippen molar-refractivity contribution in [1.29, 1.82) is 0 Å². The second-order valence-electron chi connectivity index (χ2n) is 8.43. The van der Waals surface area contributed by atoms with Gasteiger partial charge in [0, 0.05) is 18.7 Å². The molecule has 2 heterocycles. The summed E-state index contributed by atoms with van der Waals surface area (Å²) < 4.78 is 42.2. The molecule has 0 aromatic heterocycles. The van der Waals surface area contributed by atoms with Crippen LogP contribution in [-0.2, 0) is 20.2 Å². The number of nitrogens with zero attached hydrogens (tertiary/aromatic N) is 1. The van der Waals surface area contributed by atoms with Crippen LogP contribution in [0.25, 0.3) is 0 Å². The van der Waals surface area contributed by atoms with Crippen LogP contribution in [0.3, 0.4) is 0 Å². The number of hydrogen-bond donors (Lipinski definition) is 2. The Morgan fingerprint density at radius 1 is 1.03 bits per heavy atom. The average Bonchev–Trinajstić information content (AvgIpc) is 3.55. The number of nitrogens with one attached hydrogen (secondary N) is 2. The van der Waals surface area contributed by atoms with Gasteiger partial charge in [-0.15, -0.1) is 0 Å². The van der Waals surface area contributed by atoms with Crippen molar-refractivity contribution < 1.29 is 17.6 Å². The number of carbonyl (C=O) groups is 1. The highest BCUT2D eigenvalue weighted by Gasteiger charge is 2.54. The molecule has 158 valence electrons. The zero-order chi connectivity index (χ0) is 20.9. The third-order valence-corrected chi connectivity index (χ3v) is 8.12. The molecular formula is C22H24FN3O3S. The normalized spacial score (nSPS) is 24.6. The van der Waals surface area contributed by atoms with Gasteiger partial charge in [-0.1, -0.05) is 30.3 Å². The Morgan fingerprint density at radius 2 is 1.70 bits per heavy atom. The van der Waals surface area contributed by atoms with Gasteiger partial charge in [0.2, 0.25) is 15.9 Å². The summed E-state index contributed by atoms with van der Waals surface area (Å²) in [4.78, 5) is 15.3. The lowest BCUT2D eigenvalue weighted by Gasteiger charge is -2.39. The fraction of sp³-hybridized carbons (Fsp3) is 0.409. The zero-order valence-corrected chi connectivity index (χ0v) is 17.3. The molecule has 3 aliphatic rings. The van der Waals surface area contributed by atoms with E-state index in [0.29, 0.717) is 50.0 Å². The van der Waals surface area contributed by atoms with E-state index in [4.69, 9.17) is 0 Å². The first kappa shape index (κ1) is 19.5. The highest BCUT2D eigenvalue weighted by molar-refractivity contribution is 7.89. The lowest BCUT2D eigenvalue weighted by molar-refractivity contribution is -0.135. The largest absolute Gasteiger partial charge is 0.368 e. The van der Waals surface area contributed by atoms with Crippen molar-refractivity contribution in [1.82, 2.24) is 9.62 Å². The fourth-order valence-corrected chi connectivity index (χ4v) is 6.16. The maximum atomic E-state index is 14.3. The lowest BCUT2D eigenvalue weighted by Crippen LogP contribution is -2.53. The molecule has 0 unspecified atom stereocenters. The van der Waals surface area contributed by atoms with E-state index < -0.39 is 21.6 Å². The Bertz CT molecular complexity index is 1090. The van der Waals surface area contributed by atoms with E-state index in [9.17, 15) is 17.6 Å². The highest BCUT2D eigenvalue weighted by Crippen LogP contribution is 2.50. The maximum Gasteiger partial charge on any atom is 0.244 e. The molecule has 2 N–H and O–H groups in total. The molecule has 2 aromatic carbocycles. The highest BCUT2D eigenvalue weighted by atomic mass is 32.2. The molecule has 1 saturated carbocycles. The number of halogens is 1. The molecular weight excluding hydrogens is 405 g/mol. The minimum Gasteiger partial charge on any atom is -0.368 e. The van der Waals surface area contributed by atoms with Crippen molar-refractivity contribution in [3.63, 3.8) is 0 Å². The summed E-state index contributed by atoms with van der Waals surface area (Å²) in [5, 5.41) is 3.30. The summed E-state index contributed by atoms with van der Waals surface area (Å²) >= 11 is 0. The number of rotatable bonds is 3. The van der Waals surface area contributed by atoms with Crippen LogP contribution in [-0.4, -0.2) is 38.5 Å². The smallest absolute Gasteiger partial charge is 0.244 e. The van der Waals surface area contributed by atoms with Gasteiger partial charge in [0.05, 0.1) is 17.3 Å². The first-order valence-electron chi connectivity index (χ1n) is 10.3. The molecule has 2 fully saturated rings. The van der Waals surface area contributed by atoms with Gasteiger partial charge in [0.1, 0.15) is 10.7 Å². The molecule has 1 saturated heterocycles. The number of benzene rings is 2. The van der Waals surface area contributed by atoms with E-state index >= 15 is 0 Å². The lowest BCUT2D eigenvalue weighted by atomic mass is 9.90. The number of likely N-dealkylation sites (tertiary alicyclic amines) is 1. The molecule has 1 aliphatic carbocycles. The molecule has 30 heavy (non-hydrogen) atoms. The molecule has 2 aromatic rings. The summed E-state index contributed by atoms with van der Waals surface area (Å²) in [5.41, 5.74) is 0.383. The second kappa shape index (κ2) is 7.06. The van der Waals surface area contributed by atoms with Crippen LogP contribution in [0.15, 0.2) is 53.4 Å². The van der Waals surface area contributed by atoms with Crippen molar-refractivity contribution in [3.8, 4) is 0 Å². The summed E-state index contributed by atoms with van der Waals surface area (Å²) in [6.45, 7) is 1.09. The van der Waals surface area contributed by atoms with Crippen LogP contribution in [0.1, 0.15) is 31.2 Å². The van der Waals surface area contributed by atoms with Crippen LogP contribution in [0.2, 0.25) is 0 Å². The number of hydrogen-bond acceptors (Lipinski definition) is 4. The molecule has 2 aliphatic heterocycles. The van der Waals surface area contributed by atoms with Crippen molar-refractivity contribution in [3.05, 3.63) is 59.9 Å². The summed E-state index contributed by atoms with van der Waals surface area (Å²) in [6.07, 6.45) is 2.31. The van der Waals surface area contributed by atoms with Gasteiger partial charge < -0.3 is 10.2 Å². The molecule has 1 amide bonds. The predicted molar refractivity (Wildman–Crippen MR) is 111 cm³/mol. The number of piperidine rings is 1. The first-order chi connectivity index (χ1) is 14.4. The van der Waals surface area contributed by atoms with Gasteiger partial charge in [-0.25, -0.2) is 12.8 Å². The minimum absolute atomic E-state index is 0.00594. The predicted octanol–water partition coefficient (Wildman–Crippen LogP) is 2.83. The standard InChI is InChI=1S/C22H24FN3O3S/c23-17-6-2-1-5-16(17)22(11-12-22)21(27)26-13-9-15(10-14-26)20-24-18-7-3-4-8-19(18)30(28,29)25-20/h1-8,15,20,24-25H,9-14H2/t20-/m0/s1. The van der Waals surface area contributed by atoms with Crippen LogP contribution < -0.4 is 10.0 Å². The fourth-order valence-electron chi connectivity index (χ4n) is 4.77. The first-order valence-corrected chi connectivity index (χ1v) is 11.8. The topological polar surface area (TPSA) is 78.5 Å². The maximum absolute atomic E-state index is 14.3. The number of amides is 1. The number of carbonyl (C=O) groups excluding carboxylic acids is 1. The van der Waals surface area contributed by atoms with Gasteiger partial charge in [-0.2, -0.15) is 4.72 Å². The Hall–Kier alpha value is -2.45. The Morgan fingerprint density at radius 3 is 2.40 bits per heavy atom. The summed E-state index contributed by atoms with van der Waals surface area (Å²) in [6, 6.07) is 13.4. The monoisotopic (exact) mass is 429 g/mol. The Kier molecular flexibility index (Phi) is 4.59. The molecule has 6 nitrogen and oxygen atoms in total. The van der Waals surface area contributed by atoms with E-state index in [1.54, 1.807) is 36.4 Å². The third kappa shape index (κ3) is 3.18. The van der Waals surface area contributed by atoms with Gasteiger partial charge in [0.15, 0.2) is 0 Å². The molecule has 5 rings (SSSR count). The number of fused-ring (bicyclic) bond motifs is 1. The van der Waals surface area contributed by atoms with E-state index in [0.717, 1.165) is 0 Å². The summed E-state index contributed by atoms with van der Waals surface area (Å²) in [5.74, 6) is -0.257. The second-order valence-corrected chi connectivity index (χ2v) is 10.1. The molecule has 0 bridgehead atoms. The SMILES string of the molecule is O=C(N1CCC([C@H]2Nc3ccccc3S(=O)(=O)N2)CC1)C1(c2ccccc2F)CC1. The van der Waals surface area contributed by atoms with Gasteiger partial charge in [0.25, 0.3) is 0 Å². The van der Waals surface area contributed by atoms with Crippen LogP contribution in [0.4, 0.5) is 10.1 Å². The minimum atomic E-state index is -3.56. The number of para-hydroxylation sites is 1. The van der Waals surface area contributed by atoms with Gasteiger partial charge in [-0.05, 0) is 49.8 Å². The van der Waals surface area contributed by atoms with E-state index in [2.05, 4.69) is 10.0 Å². The quantitative estimate of drug-likeness (QED) is 0.787. The van der Waals surface area contributed by atoms with Crippen molar-refractivity contribution in [2.75, 3.05) is 18.4 Å². The van der Waals surface area contributed by atoms with Crippen LogP contribution in [0, 0.1) is 11.7 Å². The third-order valence-electron chi connectivity index (χ3n) is 6.62. The molecule has 8 heteroatoms. The molecule has 0 radical (unpaired) electrons. The van der Waals surface area contributed by atoms with E-state index in [1.807, 2.05) is 11.0 Å². The van der Waals surface area contributed by atoms with Crippen molar-refractivity contribution in [2.45, 2.75) is 42.2 Å². The van der Waals surface area contributed by atoms with Crippen molar-refractivity contribution in [2.24, 2.45) is 5.92 Å². The van der Waals surface area contributed by atoms with Crippen LogP contribution >= 0.6 is 0 Å². The van der Waals surface area contributed by atoms with E-state index in [1.165, 1.54) is 6.07 Å². The average molecular weight is 430 g/mol. The molecule has 0 spiro atoms. The van der Waals surface area contributed by atoms with Gasteiger partial charge >= 0.3 is 0 Å².